The number of hydrogen-bond donors (Lipinski definition) is 1. The van der Waals surface area contributed by atoms with E-state index in [1.807, 2.05) is 6.92 Å². The minimum absolute atomic E-state index is 0.127. The van der Waals surface area contributed by atoms with Gasteiger partial charge in [-0.1, -0.05) is 0 Å². The zero-order valence-corrected chi connectivity index (χ0v) is 9.28. The van der Waals surface area contributed by atoms with Crippen molar-refractivity contribution in [3.05, 3.63) is 29.7 Å². The van der Waals surface area contributed by atoms with Crippen LogP contribution in [-0.4, -0.2) is 21.6 Å². The van der Waals surface area contributed by atoms with Crippen LogP contribution in [0.5, 0.6) is 0 Å². The molecular formula is C10H11F3N4. The van der Waals surface area contributed by atoms with Crippen LogP contribution in [0.15, 0.2) is 18.3 Å². The molecule has 0 aliphatic rings. The van der Waals surface area contributed by atoms with E-state index >= 15 is 0 Å². The zero-order chi connectivity index (χ0) is 12.6. The lowest BCUT2D eigenvalue weighted by Gasteiger charge is -2.08. The molecule has 2 aromatic rings. The molecule has 1 atom stereocenters. The van der Waals surface area contributed by atoms with Crippen LogP contribution in [0.3, 0.4) is 0 Å². The summed E-state index contributed by atoms with van der Waals surface area (Å²) in [4.78, 5) is 3.87. The summed E-state index contributed by atoms with van der Waals surface area (Å²) in [7, 11) is 1.72. The van der Waals surface area contributed by atoms with Crippen LogP contribution in [0.4, 0.5) is 13.2 Å². The van der Waals surface area contributed by atoms with Crippen molar-refractivity contribution in [1.29, 1.82) is 0 Å². The summed E-state index contributed by atoms with van der Waals surface area (Å²) in [6.07, 6.45) is -3.30. The molecule has 17 heavy (non-hydrogen) atoms. The second-order valence-corrected chi connectivity index (χ2v) is 3.68. The SMILES string of the molecule is CNC(C)c1cc2nccc(C(F)(F)F)n2n1. The Kier molecular flexibility index (Phi) is 2.78. The summed E-state index contributed by atoms with van der Waals surface area (Å²) >= 11 is 0. The first-order chi connectivity index (χ1) is 7.93. The van der Waals surface area contributed by atoms with E-state index in [4.69, 9.17) is 0 Å². The van der Waals surface area contributed by atoms with Crippen LogP contribution in [0, 0.1) is 0 Å². The fourth-order valence-electron chi connectivity index (χ4n) is 1.49. The van der Waals surface area contributed by atoms with Crippen molar-refractivity contribution >= 4 is 5.65 Å². The van der Waals surface area contributed by atoms with Gasteiger partial charge in [0.2, 0.25) is 0 Å². The number of nitrogens with one attached hydrogen (secondary N) is 1. The molecule has 1 N–H and O–H groups in total. The molecule has 0 fully saturated rings. The van der Waals surface area contributed by atoms with E-state index in [2.05, 4.69) is 15.4 Å². The van der Waals surface area contributed by atoms with Gasteiger partial charge in [-0.25, -0.2) is 9.50 Å². The minimum atomic E-state index is -4.44. The number of nitrogens with zero attached hydrogens (tertiary/aromatic N) is 3. The van der Waals surface area contributed by atoms with Crippen molar-refractivity contribution in [1.82, 2.24) is 19.9 Å². The van der Waals surface area contributed by atoms with Crippen LogP contribution in [0.1, 0.15) is 24.4 Å². The minimum Gasteiger partial charge on any atom is -0.312 e. The van der Waals surface area contributed by atoms with Crippen LogP contribution < -0.4 is 5.32 Å². The maximum absolute atomic E-state index is 12.7. The molecule has 0 aliphatic carbocycles. The monoisotopic (exact) mass is 244 g/mol. The summed E-state index contributed by atoms with van der Waals surface area (Å²) in [5.74, 6) is 0. The highest BCUT2D eigenvalue weighted by atomic mass is 19.4. The second kappa shape index (κ2) is 3.99. The van der Waals surface area contributed by atoms with Gasteiger partial charge in [0.1, 0.15) is 5.69 Å². The molecule has 7 heteroatoms. The van der Waals surface area contributed by atoms with E-state index in [1.54, 1.807) is 7.05 Å². The van der Waals surface area contributed by atoms with Crippen molar-refractivity contribution < 1.29 is 13.2 Å². The van der Waals surface area contributed by atoms with E-state index < -0.39 is 11.9 Å². The van der Waals surface area contributed by atoms with Gasteiger partial charge in [-0.3, -0.25) is 0 Å². The number of aromatic nitrogens is 3. The summed E-state index contributed by atoms with van der Waals surface area (Å²) < 4.78 is 38.9. The standard InChI is InChI=1S/C10H11F3N4/c1-6(14-2)7-5-9-15-4-3-8(10(11,12)13)17(9)16-7/h3-6,14H,1-2H3. The molecule has 2 heterocycles. The molecule has 0 spiro atoms. The Balaban J connectivity index is 2.61. The molecular weight excluding hydrogens is 233 g/mol. The van der Waals surface area contributed by atoms with Gasteiger partial charge in [0, 0.05) is 18.3 Å². The van der Waals surface area contributed by atoms with Crippen molar-refractivity contribution in [3.63, 3.8) is 0 Å². The fraction of sp³-hybridized carbons (Fsp3) is 0.400. The molecule has 0 saturated carbocycles. The average molecular weight is 244 g/mol. The van der Waals surface area contributed by atoms with Gasteiger partial charge in [-0.2, -0.15) is 18.3 Å². The van der Waals surface area contributed by atoms with Crippen LogP contribution in [0.25, 0.3) is 5.65 Å². The van der Waals surface area contributed by atoms with Crippen molar-refractivity contribution in [3.8, 4) is 0 Å². The van der Waals surface area contributed by atoms with Gasteiger partial charge in [0.25, 0.3) is 0 Å². The first-order valence-electron chi connectivity index (χ1n) is 5.02. The zero-order valence-electron chi connectivity index (χ0n) is 9.28. The third-order valence-corrected chi connectivity index (χ3v) is 2.54. The predicted octanol–water partition coefficient (Wildman–Crippen LogP) is 2.03. The maximum Gasteiger partial charge on any atom is 0.433 e. The lowest BCUT2D eigenvalue weighted by Crippen LogP contribution is -2.15. The average Bonchev–Trinajstić information content (AvgIpc) is 2.69. The van der Waals surface area contributed by atoms with E-state index in [9.17, 15) is 13.2 Å². The first kappa shape index (κ1) is 11.8. The summed E-state index contributed by atoms with van der Waals surface area (Å²) in [5.41, 5.74) is -0.106. The van der Waals surface area contributed by atoms with Gasteiger partial charge in [-0.15, -0.1) is 0 Å². The van der Waals surface area contributed by atoms with E-state index in [0.717, 1.165) is 16.8 Å². The van der Waals surface area contributed by atoms with Crippen molar-refractivity contribution in [2.24, 2.45) is 0 Å². The molecule has 0 bridgehead atoms. The Morgan fingerprint density at radius 1 is 1.41 bits per heavy atom. The molecule has 4 nitrogen and oxygen atoms in total. The second-order valence-electron chi connectivity index (χ2n) is 3.68. The van der Waals surface area contributed by atoms with E-state index in [0.29, 0.717) is 5.69 Å². The molecule has 1 unspecified atom stereocenters. The molecule has 0 amide bonds. The Hall–Kier alpha value is -1.63. The smallest absolute Gasteiger partial charge is 0.312 e. The Morgan fingerprint density at radius 2 is 2.12 bits per heavy atom. The Bertz CT molecular complexity index is 532. The van der Waals surface area contributed by atoms with Gasteiger partial charge in [0.05, 0.1) is 5.69 Å². The largest absolute Gasteiger partial charge is 0.433 e. The highest BCUT2D eigenvalue weighted by Gasteiger charge is 2.34. The van der Waals surface area contributed by atoms with Gasteiger partial charge >= 0.3 is 6.18 Å². The van der Waals surface area contributed by atoms with Crippen molar-refractivity contribution in [2.45, 2.75) is 19.1 Å². The third kappa shape index (κ3) is 2.10. The fourth-order valence-corrected chi connectivity index (χ4v) is 1.49. The number of fused-ring (bicyclic) bond motifs is 1. The topological polar surface area (TPSA) is 42.2 Å². The molecule has 0 saturated heterocycles. The van der Waals surface area contributed by atoms with Gasteiger partial charge in [-0.05, 0) is 20.0 Å². The normalized spacial score (nSPS) is 14.2. The van der Waals surface area contributed by atoms with Crippen LogP contribution in [-0.2, 0) is 6.18 Å². The lowest BCUT2D eigenvalue weighted by molar-refractivity contribution is -0.142. The first-order valence-corrected chi connectivity index (χ1v) is 5.02. The van der Waals surface area contributed by atoms with Crippen molar-refractivity contribution in [2.75, 3.05) is 7.05 Å². The molecule has 0 radical (unpaired) electrons. The number of rotatable bonds is 2. The van der Waals surface area contributed by atoms with Crippen LogP contribution in [0.2, 0.25) is 0 Å². The molecule has 2 aromatic heterocycles. The molecule has 0 aliphatic heterocycles. The van der Waals surface area contributed by atoms with E-state index in [-0.39, 0.29) is 11.7 Å². The summed E-state index contributed by atoms with van der Waals surface area (Å²) in [5, 5.41) is 6.84. The van der Waals surface area contributed by atoms with Gasteiger partial charge < -0.3 is 5.32 Å². The number of halogens is 3. The quantitative estimate of drug-likeness (QED) is 0.878. The number of hydrogen-bond acceptors (Lipinski definition) is 3. The predicted molar refractivity (Wildman–Crippen MR) is 55.5 cm³/mol. The number of alkyl halides is 3. The Morgan fingerprint density at radius 3 is 2.71 bits per heavy atom. The summed E-state index contributed by atoms with van der Waals surface area (Å²) in [6.45, 7) is 1.81. The van der Waals surface area contributed by atoms with E-state index in [1.165, 1.54) is 6.07 Å². The molecule has 2 rings (SSSR count). The van der Waals surface area contributed by atoms with Crippen LogP contribution >= 0.6 is 0 Å². The Labute approximate surface area is 95.5 Å². The third-order valence-electron chi connectivity index (χ3n) is 2.54. The maximum atomic E-state index is 12.7. The van der Waals surface area contributed by atoms with Gasteiger partial charge in [0.15, 0.2) is 5.65 Å². The summed E-state index contributed by atoms with van der Waals surface area (Å²) in [6, 6.07) is 2.32. The highest BCUT2D eigenvalue weighted by molar-refractivity contribution is 5.41. The lowest BCUT2D eigenvalue weighted by atomic mass is 10.2. The highest BCUT2D eigenvalue weighted by Crippen LogP contribution is 2.29. The molecule has 92 valence electrons. The molecule has 0 aromatic carbocycles.